The third-order valence-electron chi connectivity index (χ3n) is 4.53. The summed E-state index contributed by atoms with van der Waals surface area (Å²) in [6.45, 7) is 3.18. The van der Waals surface area contributed by atoms with Crippen LogP contribution in [0.1, 0.15) is 25.3 Å². The van der Waals surface area contributed by atoms with E-state index < -0.39 is 11.9 Å². The molecule has 5 nitrogen and oxygen atoms in total. The molecule has 1 heterocycles. The van der Waals surface area contributed by atoms with E-state index in [0.717, 1.165) is 18.4 Å². The summed E-state index contributed by atoms with van der Waals surface area (Å²) >= 11 is 5.96. The van der Waals surface area contributed by atoms with Crippen molar-refractivity contribution < 1.29 is 19.4 Å². The highest BCUT2D eigenvalue weighted by atomic mass is 35.5. The van der Waals surface area contributed by atoms with Gasteiger partial charge in [0.1, 0.15) is 0 Å². The van der Waals surface area contributed by atoms with Crippen LogP contribution in [0.2, 0.25) is 5.02 Å². The summed E-state index contributed by atoms with van der Waals surface area (Å²) in [5, 5.41) is 12.9. The highest BCUT2D eigenvalue weighted by molar-refractivity contribution is 6.30. The van der Waals surface area contributed by atoms with Gasteiger partial charge in [0.15, 0.2) is 0 Å². The molecule has 0 aromatic heterocycles. The van der Waals surface area contributed by atoms with E-state index in [1.165, 1.54) is 0 Å². The molecule has 132 valence electrons. The van der Waals surface area contributed by atoms with E-state index in [9.17, 15) is 14.7 Å². The fourth-order valence-corrected chi connectivity index (χ4v) is 3.28. The van der Waals surface area contributed by atoms with Gasteiger partial charge in [-0.25, -0.2) is 0 Å². The SMILES string of the molecule is CC(Cc1cccc(Cl)c1)C(=O)NCC(C(=O)O)C1CCOCC1. The monoisotopic (exact) mass is 353 g/mol. The molecule has 24 heavy (non-hydrogen) atoms. The van der Waals surface area contributed by atoms with Crippen LogP contribution in [0, 0.1) is 17.8 Å². The van der Waals surface area contributed by atoms with E-state index in [4.69, 9.17) is 16.3 Å². The minimum Gasteiger partial charge on any atom is -0.481 e. The van der Waals surface area contributed by atoms with E-state index in [-0.39, 0.29) is 24.3 Å². The number of aliphatic carboxylic acids is 1. The maximum Gasteiger partial charge on any atom is 0.308 e. The maximum absolute atomic E-state index is 12.3. The zero-order valence-corrected chi connectivity index (χ0v) is 14.6. The van der Waals surface area contributed by atoms with Crippen LogP contribution in [0.25, 0.3) is 0 Å². The maximum atomic E-state index is 12.3. The van der Waals surface area contributed by atoms with Gasteiger partial charge in [-0.1, -0.05) is 30.7 Å². The summed E-state index contributed by atoms with van der Waals surface area (Å²) in [4.78, 5) is 23.8. The van der Waals surface area contributed by atoms with Crippen LogP contribution in [0.5, 0.6) is 0 Å². The Hall–Kier alpha value is -1.59. The van der Waals surface area contributed by atoms with Crippen molar-refractivity contribution in [3.63, 3.8) is 0 Å². The first-order valence-corrected chi connectivity index (χ1v) is 8.68. The molecule has 6 heteroatoms. The minimum absolute atomic E-state index is 0.0554. The second-order valence-corrected chi connectivity index (χ2v) is 6.81. The van der Waals surface area contributed by atoms with Gasteiger partial charge in [0.2, 0.25) is 5.91 Å². The summed E-state index contributed by atoms with van der Waals surface area (Å²) in [7, 11) is 0. The van der Waals surface area contributed by atoms with E-state index in [1.54, 1.807) is 6.07 Å². The number of ether oxygens (including phenoxy) is 1. The van der Waals surface area contributed by atoms with Crippen molar-refractivity contribution in [2.75, 3.05) is 19.8 Å². The van der Waals surface area contributed by atoms with Gasteiger partial charge in [0.05, 0.1) is 5.92 Å². The Morgan fingerprint density at radius 2 is 2.08 bits per heavy atom. The fourth-order valence-electron chi connectivity index (χ4n) is 3.07. The van der Waals surface area contributed by atoms with Crippen molar-refractivity contribution in [1.82, 2.24) is 5.32 Å². The number of benzene rings is 1. The second kappa shape index (κ2) is 9.04. The molecule has 0 radical (unpaired) electrons. The van der Waals surface area contributed by atoms with Gasteiger partial charge in [-0.15, -0.1) is 0 Å². The largest absolute Gasteiger partial charge is 0.481 e. The molecule has 2 N–H and O–H groups in total. The van der Waals surface area contributed by atoms with Crippen LogP contribution in [-0.4, -0.2) is 36.7 Å². The van der Waals surface area contributed by atoms with E-state index in [1.807, 2.05) is 25.1 Å². The van der Waals surface area contributed by atoms with Gasteiger partial charge in [-0.2, -0.15) is 0 Å². The Labute approximate surface area is 147 Å². The Morgan fingerprint density at radius 3 is 2.71 bits per heavy atom. The molecule has 0 saturated carbocycles. The standard InChI is InChI=1S/C18H24ClNO4/c1-12(9-13-3-2-4-15(19)10-13)17(21)20-11-16(18(22)23)14-5-7-24-8-6-14/h2-4,10,12,14,16H,5-9,11H2,1H3,(H,20,21)(H,22,23). The van der Waals surface area contributed by atoms with Crippen LogP contribution in [0.4, 0.5) is 0 Å². The molecule has 1 aromatic carbocycles. The van der Waals surface area contributed by atoms with Gasteiger partial charge in [-0.05, 0) is 42.9 Å². The van der Waals surface area contributed by atoms with Crippen molar-refractivity contribution in [3.05, 3.63) is 34.9 Å². The van der Waals surface area contributed by atoms with E-state index >= 15 is 0 Å². The zero-order valence-electron chi connectivity index (χ0n) is 13.8. The fraction of sp³-hybridized carbons (Fsp3) is 0.556. The molecule has 1 fully saturated rings. The summed E-state index contributed by atoms with van der Waals surface area (Å²) in [5.41, 5.74) is 0.990. The molecule has 1 aliphatic rings. The quantitative estimate of drug-likeness (QED) is 0.790. The van der Waals surface area contributed by atoms with E-state index in [0.29, 0.717) is 24.7 Å². The molecule has 1 aliphatic heterocycles. The molecule has 1 amide bonds. The van der Waals surface area contributed by atoms with E-state index in [2.05, 4.69) is 5.32 Å². The number of amides is 1. The lowest BCUT2D eigenvalue weighted by atomic mass is 9.86. The first kappa shape index (κ1) is 18.7. The summed E-state index contributed by atoms with van der Waals surface area (Å²) in [6.07, 6.45) is 2.03. The number of hydrogen-bond donors (Lipinski definition) is 2. The molecular weight excluding hydrogens is 330 g/mol. The predicted molar refractivity (Wildman–Crippen MR) is 92.0 cm³/mol. The average molecular weight is 354 g/mol. The number of halogens is 1. The number of nitrogens with one attached hydrogen (secondary N) is 1. The molecule has 0 spiro atoms. The smallest absolute Gasteiger partial charge is 0.308 e. The Morgan fingerprint density at radius 1 is 1.38 bits per heavy atom. The first-order chi connectivity index (χ1) is 11.5. The molecule has 0 aliphatic carbocycles. The topological polar surface area (TPSA) is 75.6 Å². The van der Waals surface area contributed by atoms with Crippen molar-refractivity contribution in [2.24, 2.45) is 17.8 Å². The van der Waals surface area contributed by atoms with Crippen LogP contribution in [0.15, 0.2) is 24.3 Å². The summed E-state index contributed by atoms with van der Waals surface area (Å²) < 4.78 is 5.28. The molecule has 2 unspecified atom stereocenters. The van der Waals surface area contributed by atoms with Crippen molar-refractivity contribution in [1.29, 1.82) is 0 Å². The van der Waals surface area contributed by atoms with Crippen molar-refractivity contribution in [3.8, 4) is 0 Å². The Bertz CT molecular complexity index is 572. The van der Waals surface area contributed by atoms with Crippen LogP contribution in [0.3, 0.4) is 0 Å². The number of rotatable bonds is 7. The lowest BCUT2D eigenvalue weighted by Gasteiger charge is -2.28. The molecule has 1 saturated heterocycles. The number of carboxylic acid groups (broad SMARTS) is 1. The number of carboxylic acids is 1. The van der Waals surface area contributed by atoms with Crippen molar-refractivity contribution in [2.45, 2.75) is 26.2 Å². The van der Waals surface area contributed by atoms with Gasteiger partial charge in [0.25, 0.3) is 0 Å². The molecule has 1 aromatic rings. The normalized spacial score (nSPS) is 17.9. The van der Waals surface area contributed by atoms with Gasteiger partial charge in [0, 0.05) is 30.7 Å². The minimum atomic E-state index is -0.857. The Kier molecular flexibility index (Phi) is 7.06. The van der Waals surface area contributed by atoms with Gasteiger partial charge < -0.3 is 15.2 Å². The predicted octanol–water partition coefficient (Wildman–Crippen LogP) is 2.76. The molecule has 0 bridgehead atoms. The second-order valence-electron chi connectivity index (χ2n) is 6.37. The third-order valence-corrected chi connectivity index (χ3v) is 4.76. The first-order valence-electron chi connectivity index (χ1n) is 8.30. The van der Waals surface area contributed by atoms with Crippen LogP contribution >= 0.6 is 11.6 Å². The molecule has 2 rings (SSSR count). The number of hydrogen-bond acceptors (Lipinski definition) is 3. The zero-order chi connectivity index (χ0) is 17.5. The van der Waals surface area contributed by atoms with Gasteiger partial charge in [-0.3, -0.25) is 9.59 Å². The lowest BCUT2D eigenvalue weighted by molar-refractivity contribution is -0.145. The number of carbonyl (C=O) groups excluding carboxylic acids is 1. The van der Waals surface area contributed by atoms with Gasteiger partial charge >= 0.3 is 5.97 Å². The highest BCUT2D eigenvalue weighted by Crippen LogP contribution is 2.24. The lowest BCUT2D eigenvalue weighted by Crippen LogP contribution is -2.40. The number of carbonyl (C=O) groups is 2. The third kappa shape index (κ3) is 5.49. The molecular formula is C18H24ClNO4. The summed E-state index contributed by atoms with van der Waals surface area (Å²) in [5.74, 6) is -1.73. The van der Waals surface area contributed by atoms with Crippen molar-refractivity contribution >= 4 is 23.5 Å². The van der Waals surface area contributed by atoms with Crippen LogP contribution < -0.4 is 5.32 Å². The highest BCUT2D eigenvalue weighted by Gasteiger charge is 2.30. The molecule has 2 atom stereocenters. The summed E-state index contributed by atoms with van der Waals surface area (Å²) in [6, 6.07) is 7.42. The average Bonchev–Trinajstić information content (AvgIpc) is 2.55. The van der Waals surface area contributed by atoms with Crippen LogP contribution in [-0.2, 0) is 20.7 Å². The Balaban J connectivity index is 1.86.